The minimum atomic E-state index is -0.983. The summed E-state index contributed by atoms with van der Waals surface area (Å²) in [6.07, 6.45) is 5.85. The molecule has 1 aliphatic rings. The van der Waals surface area contributed by atoms with Gasteiger partial charge in [0.1, 0.15) is 0 Å². The van der Waals surface area contributed by atoms with Crippen LogP contribution in [-0.2, 0) is 0 Å². The third-order valence-corrected chi connectivity index (χ3v) is 5.89. The van der Waals surface area contributed by atoms with Gasteiger partial charge in [0.2, 0.25) is 0 Å². The molecule has 0 unspecified atom stereocenters. The summed E-state index contributed by atoms with van der Waals surface area (Å²) in [6, 6.07) is 13.0. The molecule has 2 N–H and O–H groups in total. The maximum atomic E-state index is 12.9. The number of carboxylic acid groups (broad SMARTS) is 1. The molecule has 2 heterocycles. The SMILES string of the molecule is O=C(O)c1ccc2c(C3CCCCC3)c3c4ccccc4[nH]c(=O)n3c2c1. The van der Waals surface area contributed by atoms with Crippen molar-refractivity contribution in [2.45, 2.75) is 38.0 Å². The fraction of sp³-hybridized carbons (Fsp3) is 0.273. The van der Waals surface area contributed by atoms with Crippen LogP contribution in [0.25, 0.3) is 27.3 Å². The first-order chi connectivity index (χ1) is 13.1. The zero-order valence-electron chi connectivity index (χ0n) is 14.9. The van der Waals surface area contributed by atoms with Gasteiger partial charge in [-0.25, -0.2) is 9.59 Å². The number of fused-ring (bicyclic) bond motifs is 5. The number of carboxylic acids is 1. The number of benzene rings is 2. The van der Waals surface area contributed by atoms with E-state index in [0.717, 1.165) is 34.6 Å². The predicted octanol–water partition coefficient (Wildman–Crippen LogP) is 4.68. The van der Waals surface area contributed by atoms with Crippen LogP contribution in [0.1, 0.15) is 53.9 Å². The zero-order valence-corrected chi connectivity index (χ0v) is 14.9. The second-order valence-corrected chi connectivity index (χ2v) is 7.45. The van der Waals surface area contributed by atoms with Crippen molar-refractivity contribution >= 4 is 33.3 Å². The molecule has 0 saturated heterocycles. The highest BCUT2D eigenvalue weighted by molar-refractivity contribution is 6.06. The molecule has 5 heteroatoms. The van der Waals surface area contributed by atoms with Gasteiger partial charge in [0.15, 0.2) is 0 Å². The molecule has 0 radical (unpaired) electrons. The highest BCUT2D eigenvalue weighted by Gasteiger charge is 2.25. The minimum Gasteiger partial charge on any atom is -0.478 e. The number of carbonyl (C=O) groups is 1. The average molecular weight is 360 g/mol. The molecule has 136 valence electrons. The molecule has 5 nitrogen and oxygen atoms in total. The van der Waals surface area contributed by atoms with Crippen LogP contribution in [0.2, 0.25) is 0 Å². The van der Waals surface area contributed by atoms with Crippen molar-refractivity contribution in [2.75, 3.05) is 0 Å². The lowest BCUT2D eigenvalue weighted by molar-refractivity contribution is 0.0697. The van der Waals surface area contributed by atoms with Crippen molar-refractivity contribution in [1.82, 2.24) is 9.38 Å². The summed E-state index contributed by atoms with van der Waals surface area (Å²) in [5.74, 6) is -0.588. The average Bonchev–Trinajstić information content (AvgIpc) is 3.04. The van der Waals surface area contributed by atoms with Gasteiger partial charge in [-0.05, 0) is 42.5 Å². The van der Waals surface area contributed by atoms with Crippen molar-refractivity contribution in [3.63, 3.8) is 0 Å². The molecule has 0 amide bonds. The lowest BCUT2D eigenvalue weighted by Crippen LogP contribution is -2.16. The van der Waals surface area contributed by atoms with E-state index in [0.29, 0.717) is 11.4 Å². The van der Waals surface area contributed by atoms with Gasteiger partial charge in [0, 0.05) is 10.8 Å². The highest BCUT2D eigenvalue weighted by Crippen LogP contribution is 2.41. The molecule has 5 rings (SSSR count). The summed E-state index contributed by atoms with van der Waals surface area (Å²) in [5.41, 5.74) is 3.59. The number of para-hydroxylation sites is 1. The predicted molar refractivity (Wildman–Crippen MR) is 106 cm³/mol. The van der Waals surface area contributed by atoms with Crippen LogP contribution >= 0.6 is 0 Å². The van der Waals surface area contributed by atoms with Gasteiger partial charge in [-0.2, -0.15) is 0 Å². The third kappa shape index (κ3) is 2.38. The number of aromatic nitrogens is 2. The molecule has 1 fully saturated rings. The van der Waals surface area contributed by atoms with Crippen molar-refractivity contribution in [3.05, 3.63) is 64.1 Å². The molecule has 27 heavy (non-hydrogen) atoms. The minimum absolute atomic E-state index is 0.199. The van der Waals surface area contributed by atoms with Crippen LogP contribution < -0.4 is 5.69 Å². The number of hydrogen-bond acceptors (Lipinski definition) is 2. The van der Waals surface area contributed by atoms with E-state index in [2.05, 4.69) is 4.98 Å². The zero-order chi connectivity index (χ0) is 18.5. The molecular formula is C22H20N2O3. The Balaban J connectivity index is 1.99. The van der Waals surface area contributed by atoms with Gasteiger partial charge in [-0.15, -0.1) is 0 Å². The summed E-state index contributed by atoms with van der Waals surface area (Å²) in [4.78, 5) is 27.4. The number of nitrogens with one attached hydrogen (secondary N) is 1. The largest absolute Gasteiger partial charge is 0.478 e. The van der Waals surface area contributed by atoms with E-state index in [-0.39, 0.29) is 11.3 Å². The first kappa shape index (κ1) is 16.1. The smallest absolute Gasteiger partial charge is 0.335 e. The second kappa shape index (κ2) is 5.98. The molecular weight excluding hydrogens is 340 g/mol. The van der Waals surface area contributed by atoms with E-state index in [9.17, 15) is 14.7 Å². The van der Waals surface area contributed by atoms with E-state index in [1.165, 1.54) is 24.8 Å². The maximum Gasteiger partial charge on any atom is 0.335 e. The number of hydrogen-bond donors (Lipinski definition) is 2. The molecule has 0 spiro atoms. The van der Waals surface area contributed by atoms with E-state index in [1.54, 1.807) is 16.5 Å². The second-order valence-electron chi connectivity index (χ2n) is 7.45. The van der Waals surface area contributed by atoms with Gasteiger partial charge in [-0.1, -0.05) is 43.5 Å². The summed E-state index contributed by atoms with van der Waals surface area (Å²) in [6.45, 7) is 0. The van der Waals surface area contributed by atoms with Crippen LogP contribution in [0.5, 0.6) is 0 Å². The van der Waals surface area contributed by atoms with Crippen molar-refractivity contribution in [2.24, 2.45) is 0 Å². The summed E-state index contributed by atoms with van der Waals surface area (Å²) in [5, 5.41) is 11.4. The van der Waals surface area contributed by atoms with Crippen LogP contribution in [0, 0.1) is 0 Å². The quantitative estimate of drug-likeness (QED) is 0.545. The standard InChI is InChI=1S/C22H20N2O3/c25-21(26)14-10-11-16-18(12-14)24-20(19(16)13-6-2-1-3-7-13)15-8-4-5-9-17(15)23-22(24)27/h4-5,8-13H,1-3,6-7H2,(H,23,27)(H,25,26). The van der Waals surface area contributed by atoms with Crippen LogP contribution in [0.4, 0.5) is 0 Å². The normalized spacial score (nSPS) is 15.7. The number of aromatic carboxylic acids is 1. The van der Waals surface area contributed by atoms with Gasteiger partial charge >= 0.3 is 11.7 Å². The van der Waals surface area contributed by atoms with Crippen molar-refractivity contribution in [1.29, 1.82) is 0 Å². The topological polar surface area (TPSA) is 74.6 Å². The number of nitrogens with zero attached hydrogens (tertiary/aromatic N) is 1. The molecule has 4 aromatic rings. The Hall–Kier alpha value is -3.08. The summed E-state index contributed by atoms with van der Waals surface area (Å²) < 4.78 is 1.67. The van der Waals surface area contributed by atoms with E-state index < -0.39 is 5.97 Å². The van der Waals surface area contributed by atoms with E-state index >= 15 is 0 Å². The van der Waals surface area contributed by atoms with Gasteiger partial charge < -0.3 is 10.1 Å². The third-order valence-electron chi connectivity index (χ3n) is 5.89. The number of aromatic amines is 1. The van der Waals surface area contributed by atoms with Crippen LogP contribution in [-0.4, -0.2) is 20.5 Å². The molecule has 1 saturated carbocycles. The van der Waals surface area contributed by atoms with E-state index in [1.807, 2.05) is 30.3 Å². The maximum absolute atomic E-state index is 12.9. The van der Waals surface area contributed by atoms with Crippen molar-refractivity contribution < 1.29 is 9.90 Å². The molecule has 0 bridgehead atoms. The molecule has 0 aliphatic heterocycles. The van der Waals surface area contributed by atoms with Gasteiger partial charge in [-0.3, -0.25) is 4.40 Å². The monoisotopic (exact) mass is 360 g/mol. The fourth-order valence-electron chi connectivity index (χ4n) is 4.70. The Labute approximate surface area is 155 Å². The molecule has 2 aromatic carbocycles. The Morgan fingerprint density at radius 1 is 1.04 bits per heavy atom. The molecule has 0 atom stereocenters. The Kier molecular flexibility index (Phi) is 3.57. The lowest BCUT2D eigenvalue weighted by atomic mass is 9.82. The molecule has 2 aromatic heterocycles. The van der Waals surface area contributed by atoms with Crippen LogP contribution in [0.15, 0.2) is 47.3 Å². The number of H-pyrrole nitrogens is 1. The number of rotatable bonds is 2. The van der Waals surface area contributed by atoms with Gasteiger partial charge in [0.25, 0.3) is 0 Å². The Morgan fingerprint density at radius 3 is 2.59 bits per heavy atom. The van der Waals surface area contributed by atoms with Gasteiger partial charge in [0.05, 0.1) is 22.1 Å². The Morgan fingerprint density at radius 2 is 1.81 bits per heavy atom. The van der Waals surface area contributed by atoms with Crippen LogP contribution in [0.3, 0.4) is 0 Å². The fourth-order valence-corrected chi connectivity index (χ4v) is 4.70. The summed E-state index contributed by atoms with van der Waals surface area (Å²) in [7, 11) is 0. The van der Waals surface area contributed by atoms with Crippen molar-refractivity contribution in [3.8, 4) is 0 Å². The summed E-state index contributed by atoms with van der Waals surface area (Å²) >= 11 is 0. The first-order valence-corrected chi connectivity index (χ1v) is 9.47. The lowest BCUT2D eigenvalue weighted by Gasteiger charge is -2.22. The Bertz CT molecular complexity index is 1260. The highest BCUT2D eigenvalue weighted by atomic mass is 16.4. The van der Waals surface area contributed by atoms with E-state index in [4.69, 9.17) is 0 Å². The molecule has 1 aliphatic carbocycles. The first-order valence-electron chi connectivity index (χ1n) is 9.47.